The molecular weight excluding hydrogens is 380 g/mol. The molecule has 0 spiro atoms. The first-order valence-electron chi connectivity index (χ1n) is 6.66. The van der Waals surface area contributed by atoms with Crippen LogP contribution in [0.2, 0.25) is 5.02 Å². The highest BCUT2D eigenvalue weighted by Gasteiger charge is 2.31. The van der Waals surface area contributed by atoms with E-state index in [1.165, 1.54) is 16.4 Å². The smallest absolute Gasteiger partial charge is 0.244 e. The van der Waals surface area contributed by atoms with Crippen LogP contribution in [0.1, 0.15) is 26.7 Å². The number of hydrogen-bond acceptors (Lipinski definition) is 4. The second kappa shape index (κ2) is 7.78. The molecule has 0 radical (unpaired) electrons. The third-order valence-electron chi connectivity index (χ3n) is 3.29. The van der Waals surface area contributed by atoms with Gasteiger partial charge in [-0.25, -0.2) is 8.42 Å². The molecule has 8 heteroatoms. The number of nitrogens with zero attached hydrogens (tertiary/aromatic N) is 1. The Morgan fingerprint density at radius 3 is 2.43 bits per heavy atom. The Morgan fingerprint density at radius 2 is 1.95 bits per heavy atom. The SMILES string of the molecule is CCC(CC)N(CCO)S(=O)(=O)c1cc(Cl)cc(N)c1Br. The molecule has 0 aromatic heterocycles. The van der Waals surface area contributed by atoms with Gasteiger partial charge in [0.05, 0.1) is 16.0 Å². The second-order valence-corrected chi connectivity index (χ2v) is 7.71. The predicted octanol–water partition coefficient (Wildman–Crippen LogP) is 2.86. The summed E-state index contributed by atoms with van der Waals surface area (Å²) in [5.41, 5.74) is 6.03. The maximum absolute atomic E-state index is 12.9. The van der Waals surface area contributed by atoms with Crippen LogP contribution in [0.4, 0.5) is 5.69 Å². The van der Waals surface area contributed by atoms with Gasteiger partial charge in [-0.15, -0.1) is 0 Å². The molecule has 0 saturated heterocycles. The van der Waals surface area contributed by atoms with Crippen molar-refractivity contribution in [2.45, 2.75) is 37.6 Å². The van der Waals surface area contributed by atoms with Crippen LogP contribution in [0.3, 0.4) is 0 Å². The third-order valence-corrected chi connectivity index (χ3v) is 6.63. The van der Waals surface area contributed by atoms with E-state index >= 15 is 0 Å². The monoisotopic (exact) mass is 398 g/mol. The van der Waals surface area contributed by atoms with Crippen LogP contribution in [0.15, 0.2) is 21.5 Å². The Labute approximate surface area is 139 Å². The van der Waals surface area contributed by atoms with Crippen molar-refractivity contribution in [2.75, 3.05) is 18.9 Å². The van der Waals surface area contributed by atoms with E-state index in [4.69, 9.17) is 17.3 Å². The Morgan fingerprint density at radius 1 is 1.38 bits per heavy atom. The number of hydrogen-bond donors (Lipinski definition) is 2. The van der Waals surface area contributed by atoms with Crippen LogP contribution < -0.4 is 5.73 Å². The molecule has 0 aliphatic heterocycles. The van der Waals surface area contributed by atoms with Crippen molar-refractivity contribution in [3.8, 4) is 0 Å². The molecule has 0 heterocycles. The molecule has 0 saturated carbocycles. The third kappa shape index (κ3) is 4.10. The van der Waals surface area contributed by atoms with Gasteiger partial charge in [-0.3, -0.25) is 0 Å². The van der Waals surface area contributed by atoms with Gasteiger partial charge < -0.3 is 10.8 Å². The van der Waals surface area contributed by atoms with Crippen molar-refractivity contribution in [3.63, 3.8) is 0 Å². The van der Waals surface area contributed by atoms with E-state index in [9.17, 15) is 13.5 Å². The highest BCUT2D eigenvalue weighted by Crippen LogP contribution is 2.34. The lowest BCUT2D eigenvalue weighted by molar-refractivity contribution is 0.219. The molecule has 1 rings (SSSR count). The summed E-state index contributed by atoms with van der Waals surface area (Å²) >= 11 is 9.13. The highest BCUT2D eigenvalue weighted by atomic mass is 79.9. The number of nitrogen functional groups attached to an aromatic ring is 1. The average Bonchev–Trinajstić information content (AvgIpc) is 2.42. The fourth-order valence-corrected chi connectivity index (χ4v) is 5.21. The standard InChI is InChI=1S/C13H20BrClN2O3S/c1-3-10(4-2)17(5-6-18)21(19,20)12-8-9(15)7-11(16)13(12)14/h7-8,10,18H,3-6,16H2,1-2H3. The lowest BCUT2D eigenvalue weighted by Crippen LogP contribution is -2.41. The first-order chi connectivity index (χ1) is 9.79. The van der Waals surface area contributed by atoms with Gasteiger partial charge in [-0.1, -0.05) is 25.4 Å². The molecule has 1 aromatic carbocycles. The van der Waals surface area contributed by atoms with Crippen LogP contribution in [0.5, 0.6) is 0 Å². The quantitative estimate of drug-likeness (QED) is 0.691. The van der Waals surface area contributed by atoms with Gasteiger partial charge in [-0.2, -0.15) is 4.31 Å². The summed E-state index contributed by atoms with van der Waals surface area (Å²) in [5, 5.41) is 9.45. The van der Waals surface area contributed by atoms with Gasteiger partial charge in [0.15, 0.2) is 0 Å². The zero-order chi connectivity index (χ0) is 16.2. The van der Waals surface area contributed by atoms with Gasteiger partial charge in [-0.05, 0) is 40.9 Å². The molecule has 0 aliphatic rings. The Balaban J connectivity index is 3.42. The molecule has 0 amide bonds. The van der Waals surface area contributed by atoms with Crippen LogP contribution in [-0.4, -0.2) is 37.0 Å². The molecule has 3 N–H and O–H groups in total. The number of aliphatic hydroxyl groups excluding tert-OH is 1. The van der Waals surface area contributed by atoms with Crippen LogP contribution in [-0.2, 0) is 10.0 Å². The number of halogens is 2. The van der Waals surface area contributed by atoms with Gasteiger partial charge in [0.25, 0.3) is 0 Å². The number of rotatable bonds is 7. The van der Waals surface area contributed by atoms with Crippen molar-refractivity contribution in [1.29, 1.82) is 0 Å². The number of benzene rings is 1. The molecular formula is C13H20BrClN2O3S. The zero-order valence-corrected chi connectivity index (χ0v) is 15.2. The van der Waals surface area contributed by atoms with E-state index in [0.29, 0.717) is 17.3 Å². The summed E-state index contributed by atoms with van der Waals surface area (Å²) in [5.74, 6) is 0. The van der Waals surface area contributed by atoms with Crippen LogP contribution in [0, 0.1) is 0 Å². The minimum Gasteiger partial charge on any atom is -0.398 e. The summed E-state index contributed by atoms with van der Waals surface area (Å²) in [6.07, 6.45) is 1.31. The lowest BCUT2D eigenvalue weighted by atomic mass is 10.2. The fraction of sp³-hybridized carbons (Fsp3) is 0.538. The van der Waals surface area contributed by atoms with Gasteiger partial charge in [0.2, 0.25) is 10.0 Å². The first-order valence-corrected chi connectivity index (χ1v) is 9.27. The van der Waals surface area contributed by atoms with E-state index in [1.54, 1.807) is 0 Å². The van der Waals surface area contributed by atoms with Crippen molar-refractivity contribution >= 4 is 43.2 Å². The van der Waals surface area contributed by atoms with E-state index in [0.717, 1.165) is 0 Å². The van der Waals surface area contributed by atoms with Crippen LogP contribution in [0.25, 0.3) is 0 Å². The fourth-order valence-electron chi connectivity index (χ4n) is 2.19. The summed E-state index contributed by atoms with van der Waals surface area (Å²) in [4.78, 5) is 0.0212. The van der Waals surface area contributed by atoms with Gasteiger partial charge in [0, 0.05) is 23.3 Å². The molecule has 0 unspecified atom stereocenters. The molecule has 5 nitrogen and oxygen atoms in total. The maximum Gasteiger partial charge on any atom is 0.244 e. The molecule has 0 bridgehead atoms. The Kier molecular flexibility index (Phi) is 6.93. The molecule has 1 aromatic rings. The molecule has 120 valence electrons. The van der Waals surface area contributed by atoms with Crippen molar-refractivity contribution in [2.24, 2.45) is 0 Å². The number of sulfonamides is 1. The first kappa shape index (κ1) is 18.7. The number of nitrogens with two attached hydrogens (primary N) is 1. The lowest BCUT2D eigenvalue weighted by Gasteiger charge is -2.29. The van der Waals surface area contributed by atoms with E-state index in [-0.39, 0.29) is 34.8 Å². The summed E-state index contributed by atoms with van der Waals surface area (Å²) in [6, 6.07) is 2.66. The second-order valence-electron chi connectivity index (χ2n) is 4.62. The van der Waals surface area contributed by atoms with Crippen molar-refractivity contribution in [1.82, 2.24) is 4.31 Å². The molecule has 0 fully saturated rings. The Bertz CT molecular complexity index is 591. The predicted molar refractivity (Wildman–Crippen MR) is 88.9 cm³/mol. The largest absolute Gasteiger partial charge is 0.398 e. The topological polar surface area (TPSA) is 83.6 Å². The van der Waals surface area contributed by atoms with E-state index in [1.807, 2.05) is 13.8 Å². The van der Waals surface area contributed by atoms with Gasteiger partial charge in [0.1, 0.15) is 0 Å². The number of aliphatic hydroxyl groups is 1. The summed E-state index contributed by atoms with van der Waals surface area (Å²) in [7, 11) is -3.80. The Hall–Kier alpha value is -0.340. The van der Waals surface area contributed by atoms with Gasteiger partial charge >= 0.3 is 0 Å². The average molecular weight is 400 g/mol. The zero-order valence-electron chi connectivity index (χ0n) is 12.0. The van der Waals surface area contributed by atoms with E-state index in [2.05, 4.69) is 15.9 Å². The minimum absolute atomic E-state index is 0.0212. The van der Waals surface area contributed by atoms with Crippen molar-refractivity contribution < 1.29 is 13.5 Å². The van der Waals surface area contributed by atoms with E-state index < -0.39 is 10.0 Å². The number of anilines is 1. The summed E-state index contributed by atoms with van der Waals surface area (Å²) < 4.78 is 27.4. The molecule has 0 atom stereocenters. The minimum atomic E-state index is -3.80. The molecule has 21 heavy (non-hydrogen) atoms. The highest BCUT2D eigenvalue weighted by molar-refractivity contribution is 9.10. The summed E-state index contributed by atoms with van der Waals surface area (Å²) in [6.45, 7) is 3.61. The molecule has 0 aliphatic carbocycles. The van der Waals surface area contributed by atoms with Crippen LogP contribution >= 0.6 is 27.5 Å². The van der Waals surface area contributed by atoms with Crippen molar-refractivity contribution in [3.05, 3.63) is 21.6 Å². The maximum atomic E-state index is 12.9. The normalized spacial score (nSPS) is 12.3.